The van der Waals surface area contributed by atoms with Crippen LogP contribution in [0.2, 0.25) is 0 Å². The summed E-state index contributed by atoms with van der Waals surface area (Å²) in [6, 6.07) is 0.514. The van der Waals surface area contributed by atoms with Gasteiger partial charge in [-0.15, -0.1) is 6.58 Å². The van der Waals surface area contributed by atoms with E-state index in [9.17, 15) is 0 Å². The molecule has 0 radical (unpaired) electrons. The molecule has 0 aromatic carbocycles. The Labute approximate surface area is 94.1 Å². The minimum absolute atomic E-state index is 0.426. The molecule has 2 unspecified atom stereocenters. The molecule has 0 saturated heterocycles. The molecule has 1 aliphatic carbocycles. The fraction of sp³-hybridized carbons (Fsp3) is 0.846. The van der Waals surface area contributed by atoms with Crippen molar-refractivity contribution >= 4 is 0 Å². The molecular formula is C13H25NO. The summed E-state index contributed by atoms with van der Waals surface area (Å²) in [7, 11) is 0. The van der Waals surface area contributed by atoms with Crippen molar-refractivity contribution in [1.29, 1.82) is 0 Å². The Kier molecular flexibility index (Phi) is 5.96. The lowest BCUT2D eigenvalue weighted by Gasteiger charge is -2.27. The van der Waals surface area contributed by atoms with Crippen LogP contribution in [-0.2, 0) is 4.74 Å². The maximum absolute atomic E-state index is 5.88. The summed E-state index contributed by atoms with van der Waals surface area (Å²) in [5, 5.41) is 3.55. The SMILES string of the molecule is C=CCCC(NCC)C(OCC)C1CC1. The van der Waals surface area contributed by atoms with E-state index in [2.05, 4.69) is 25.7 Å². The van der Waals surface area contributed by atoms with Gasteiger partial charge in [0.05, 0.1) is 6.10 Å². The van der Waals surface area contributed by atoms with Gasteiger partial charge in [-0.25, -0.2) is 0 Å². The lowest BCUT2D eigenvalue weighted by molar-refractivity contribution is 0.0176. The summed E-state index contributed by atoms with van der Waals surface area (Å²) < 4.78 is 5.88. The van der Waals surface area contributed by atoms with Crippen molar-refractivity contribution in [1.82, 2.24) is 5.32 Å². The van der Waals surface area contributed by atoms with Crippen molar-refractivity contribution in [2.24, 2.45) is 5.92 Å². The largest absolute Gasteiger partial charge is 0.377 e. The lowest BCUT2D eigenvalue weighted by Crippen LogP contribution is -2.42. The van der Waals surface area contributed by atoms with Gasteiger partial charge in [-0.05, 0) is 45.1 Å². The zero-order valence-electron chi connectivity index (χ0n) is 10.2. The molecule has 2 heteroatoms. The molecule has 0 aromatic heterocycles. The van der Waals surface area contributed by atoms with E-state index >= 15 is 0 Å². The molecule has 0 amide bonds. The van der Waals surface area contributed by atoms with Crippen molar-refractivity contribution in [2.75, 3.05) is 13.2 Å². The third-order valence-electron chi connectivity index (χ3n) is 2.99. The molecule has 2 atom stereocenters. The minimum Gasteiger partial charge on any atom is -0.377 e. The molecule has 0 spiro atoms. The molecule has 0 bridgehead atoms. The second-order valence-corrected chi connectivity index (χ2v) is 4.29. The monoisotopic (exact) mass is 211 g/mol. The molecule has 0 heterocycles. The second-order valence-electron chi connectivity index (χ2n) is 4.29. The number of likely N-dealkylation sites (N-methyl/N-ethyl adjacent to an activating group) is 1. The van der Waals surface area contributed by atoms with Crippen LogP contribution >= 0.6 is 0 Å². The maximum atomic E-state index is 5.88. The summed E-state index contributed by atoms with van der Waals surface area (Å²) >= 11 is 0. The van der Waals surface area contributed by atoms with E-state index in [0.717, 1.165) is 31.9 Å². The first-order valence-corrected chi connectivity index (χ1v) is 6.29. The van der Waals surface area contributed by atoms with Crippen molar-refractivity contribution in [3.63, 3.8) is 0 Å². The van der Waals surface area contributed by atoms with E-state index < -0.39 is 0 Å². The van der Waals surface area contributed by atoms with E-state index in [1.165, 1.54) is 12.8 Å². The first-order chi connectivity index (χ1) is 7.33. The highest BCUT2D eigenvalue weighted by Gasteiger charge is 2.36. The van der Waals surface area contributed by atoms with Crippen molar-refractivity contribution in [3.05, 3.63) is 12.7 Å². The molecule has 0 aliphatic heterocycles. The number of hydrogen-bond donors (Lipinski definition) is 1. The van der Waals surface area contributed by atoms with Crippen LogP contribution < -0.4 is 5.32 Å². The van der Waals surface area contributed by atoms with Crippen LogP contribution in [0.3, 0.4) is 0 Å². The maximum Gasteiger partial charge on any atom is 0.0756 e. The molecule has 1 N–H and O–H groups in total. The van der Waals surface area contributed by atoms with Crippen molar-refractivity contribution in [2.45, 2.75) is 51.7 Å². The quantitative estimate of drug-likeness (QED) is 0.592. The zero-order valence-corrected chi connectivity index (χ0v) is 10.2. The van der Waals surface area contributed by atoms with E-state index in [4.69, 9.17) is 4.74 Å². The van der Waals surface area contributed by atoms with Gasteiger partial charge in [0, 0.05) is 12.6 Å². The summed E-state index contributed by atoms with van der Waals surface area (Å²) in [5.41, 5.74) is 0. The molecule has 1 fully saturated rings. The fourth-order valence-electron chi connectivity index (χ4n) is 2.14. The molecule has 1 rings (SSSR count). The smallest absolute Gasteiger partial charge is 0.0756 e. The second kappa shape index (κ2) is 7.02. The van der Waals surface area contributed by atoms with Crippen LogP contribution in [0.5, 0.6) is 0 Å². The first kappa shape index (κ1) is 12.7. The number of rotatable bonds is 9. The average molecular weight is 211 g/mol. The van der Waals surface area contributed by atoms with E-state index in [0.29, 0.717) is 12.1 Å². The zero-order chi connectivity index (χ0) is 11.1. The van der Waals surface area contributed by atoms with Gasteiger partial charge in [0.25, 0.3) is 0 Å². The number of allylic oxidation sites excluding steroid dienone is 1. The topological polar surface area (TPSA) is 21.3 Å². The fourth-order valence-corrected chi connectivity index (χ4v) is 2.14. The Hall–Kier alpha value is -0.340. The first-order valence-electron chi connectivity index (χ1n) is 6.29. The average Bonchev–Trinajstić information content (AvgIpc) is 3.05. The van der Waals surface area contributed by atoms with Crippen molar-refractivity contribution < 1.29 is 4.74 Å². The Balaban J connectivity index is 2.43. The molecule has 2 nitrogen and oxygen atoms in total. The summed E-state index contributed by atoms with van der Waals surface area (Å²) in [5.74, 6) is 0.804. The molecule has 0 aromatic rings. The van der Waals surface area contributed by atoms with Crippen LogP contribution in [0, 0.1) is 5.92 Å². The molecule has 1 aliphatic rings. The minimum atomic E-state index is 0.426. The van der Waals surface area contributed by atoms with Crippen LogP contribution in [0.25, 0.3) is 0 Å². The van der Waals surface area contributed by atoms with E-state index in [1.54, 1.807) is 0 Å². The van der Waals surface area contributed by atoms with Gasteiger partial charge in [-0.3, -0.25) is 0 Å². The van der Waals surface area contributed by atoms with Gasteiger partial charge in [0.2, 0.25) is 0 Å². The van der Waals surface area contributed by atoms with Gasteiger partial charge in [-0.2, -0.15) is 0 Å². The highest BCUT2D eigenvalue weighted by Crippen LogP contribution is 2.36. The van der Waals surface area contributed by atoms with Crippen molar-refractivity contribution in [3.8, 4) is 0 Å². The highest BCUT2D eigenvalue weighted by molar-refractivity contribution is 4.91. The molecule has 15 heavy (non-hydrogen) atoms. The lowest BCUT2D eigenvalue weighted by atomic mass is 10.0. The van der Waals surface area contributed by atoms with Gasteiger partial charge >= 0.3 is 0 Å². The molecular weight excluding hydrogens is 186 g/mol. The van der Waals surface area contributed by atoms with Crippen LogP contribution in [-0.4, -0.2) is 25.3 Å². The van der Waals surface area contributed by atoms with Gasteiger partial charge in [0.15, 0.2) is 0 Å². The Morgan fingerprint density at radius 3 is 2.67 bits per heavy atom. The Morgan fingerprint density at radius 1 is 1.47 bits per heavy atom. The normalized spacial score (nSPS) is 19.9. The van der Waals surface area contributed by atoms with Crippen LogP contribution in [0.15, 0.2) is 12.7 Å². The predicted octanol–water partition coefficient (Wildman–Crippen LogP) is 2.75. The van der Waals surface area contributed by atoms with Gasteiger partial charge in [0.1, 0.15) is 0 Å². The summed E-state index contributed by atoms with van der Waals surface area (Å²) in [4.78, 5) is 0. The number of ether oxygens (including phenoxy) is 1. The van der Waals surface area contributed by atoms with E-state index in [-0.39, 0.29) is 0 Å². The number of nitrogens with one attached hydrogen (secondary N) is 1. The summed E-state index contributed by atoms with van der Waals surface area (Å²) in [6.07, 6.45) is 7.35. The van der Waals surface area contributed by atoms with Crippen LogP contribution in [0.1, 0.15) is 39.5 Å². The molecule has 1 saturated carbocycles. The third kappa shape index (κ3) is 4.35. The third-order valence-corrected chi connectivity index (χ3v) is 2.99. The summed E-state index contributed by atoms with van der Waals surface area (Å²) in [6.45, 7) is 9.90. The van der Waals surface area contributed by atoms with Crippen LogP contribution in [0.4, 0.5) is 0 Å². The predicted molar refractivity (Wildman–Crippen MR) is 65.0 cm³/mol. The van der Waals surface area contributed by atoms with E-state index in [1.807, 2.05) is 6.08 Å². The molecule has 88 valence electrons. The Bertz CT molecular complexity index is 177. The standard InChI is InChI=1S/C13H25NO/c1-4-7-8-12(14-5-2)13(15-6-3)11-9-10-11/h4,11-14H,1,5-10H2,2-3H3. The van der Waals surface area contributed by atoms with Gasteiger partial charge < -0.3 is 10.1 Å². The Morgan fingerprint density at radius 2 is 2.20 bits per heavy atom. The van der Waals surface area contributed by atoms with Gasteiger partial charge in [-0.1, -0.05) is 13.0 Å². The highest BCUT2D eigenvalue weighted by atomic mass is 16.5. The number of hydrogen-bond acceptors (Lipinski definition) is 2.